The van der Waals surface area contributed by atoms with Crippen LogP contribution in [0.5, 0.6) is 0 Å². The van der Waals surface area contributed by atoms with E-state index in [4.69, 9.17) is 0 Å². The number of hydrogen-bond donors (Lipinski definition) is 1. The normalized spacial score (nSPS) is 29.5. The van der Waals surface area contributed by atoms with Gasteiger partial charge in [0.25, 0.3) is 0 Å². The summed E-state index contributed by atoms with van der Waals surface area (Å²) in [5.41, 5.74) is 0. The van der Waals surface area contributed by atoms with Gasteiger partial charge in [-0.3, -0.25) is 0 Å². The minimum Gasteiger partial charge on any atom is -0.316 e. The number of hydrogen-bond acceptors (Lipinski definition) is 2. The van der Waals surface area contributed by atoms with Crippen LogP contribution >= 0.6 is 0 Å². The van der Waals surface area contributed by atoms with E-state index in [0.717, 1.165) is 12.0 Å². The second-order valence-electron chi connectivity index (χ2n) is 4.53. The molecule has 1 atom stereocenters. The van der Waals surface area contributed by atoms with Crippen molar-refractivity contribution in [3.63, 3.8) is 0 Å². The second kappa shape index (κ2) is 4.43. The molecule has 0 bridgehead atoms. The zero-order valence-electron chi connectivity index (χ0n) is 8.76. The fourth-order valence-electron chi connectivity index (χ4n) is 2.39. The maximum absolute atomic E-state index is 3.50. The summed E-state index contributed by atoms with van der Waals surface area (Å²) in [6, 6.07) is 0.951. The summed E-state index contributed by atoms with van der Waals surface area (Å²) in [7, 11) is 0. The molecule has 0 radical (unpaired) electrons. The first-order chi connectivity index (χ1) is 6.40. The summed E-state index contributed by atoms with van der Waals surface area (Å²) in [6.07, 6.45) is 5.73. The fourth-order valence-corrected chi connectivity index (χ4v) is 2.39. The van der Waals surface area contributed by atoms with Crippen molar-refractivity contribution >= 4 is 0 Å². The van der Waals surface area contributed by atoms with Gasteiger partial charge in [-0.05, 0) is 51.2 Å². The summed E-state index contributed by atoms with van der Waals surface area (Å²) >= 11 is 0. The Morgan fingerprint density at radius 3 is 2.69 bits per heavy atom. The molecule has 1 saturated carbocycles. The molecule has 13 heavy (non-hydrogen) atoms. The van der Waals surface area contributed by atoms with Crippen molar-refractivity contribution in [2.75, 3.05) is 26.2 Å². The monoisotopic (exact) mass is 182 g/mol. The quantitative estimate of drug-likeness (QED) is 0.708. The van der Waals surface area contributed by atoms with Gasteiger partial charge in [0.2, 0.25) is 0 Å². The lowest BCUT2D eigenvalue weighted by Gasteiger charge is -2.29. The third-order valence-corrected chi connectivity index (χ3v) is 3.36. The van der Waals surface area contributed by atoms with Crippen LogP contribution in [0.3, 0.4) is 0 Å². The highest BCUT2D eigenvalue weighted by molar-refractivity contribution is 4.85. The smallest absolute Gasteiger partial charge is 0.00964 e. The van der Waals surface area contributed by atoms with E-state index in [-0.39, 0.29) is 0 Å². The van der Waals surface area contributed by atoms with E-state index in [1.165, 1.54) is 51.9 Å². The zero-order chi connectivity index (χ0) is 9.10. The first kappa shape index (κ1) is 9.47. The Hall–Kier alpha value is -0.0800. The Bertz CT molecular complexity index is 148. The van der Waals surface area contributed by atoms with Gasteiger partial charge < -0.3 is 10.2 Å². The first-order valence-corrected chi connectivity index (χ1v) is 5.85. The second-order valence-corrected chi connectivity index (χ2v) is 4.53. The summed E-state index contributed by atoms with van der Waals surface area (Å²) < 4.78 is 0. The van der Waals surface area contributed by atoms with Gasteiger partial charge in [0.1, 0.15) is 0 Å². The molecule has 2 fully saturated rings. The molecule has 0 aromatic carbocycles. The maximum atomic E-state index is 3.50. The molecule has 1 aliphatic carbocycles. The molecular formula is C11H22N2. The number of nitrogens with zero attached hydrogens (tertiary/aromatic N) is 1. The van der Waals surface area contributed by atoms with Gasteiger partial charge in [-0.2, -0.15) is 0 Å². The largest absolute Gasteiger partial charge is 0.316 e. The van der Waals surface area contributed by atoms with Crippen molar-refractivity contribution in [2.45, 2.75) is 38.6 Å². The molecule has 0 amide bonds. The molecule has 1 unspecified atom stereocenters. The highest BCUT2D eigenvalue weighted by Gasteiger charge is 2.29. The molecule has 2 heteroatoms. The van der Waals surface area contributed by atoms with Gasteiger partial charge >= 0.3 is 0 Å². The molecule has 1 heterocycles. The molecule has 0 aromatic heterocycles. The molecule has 1 saturated heterocycles. The van der Waals surface area contributed by atoms with Crippen LogP contribution in [0.25, 0.3) is 0 Å². The van der Waals surface area contributed by atoms with Crippen molar-refractivity contribution < 1.29 is 0 Å². The van der Waals surface area contributed by atoms with Gasteiger partial charge in [-0.25, -0.2) is 0 Å². The van der Waals surface area contributed by atoms with E-state index in [1.54, 1.807) is 0 Å². The predicted octanol–water partition coefficient (Wildman–Crippen LogP) is 1.47. The minimum absolute atomic E-state index is 0.925. The Morgan fingerprint density at radius 2 is 2.15 bits per heavy atom. The predicted molar refractivity (Wildman–Crippen MR) is 55.9 cm³/mol. The Kier molecular flexibility index (Phi) is 3.23. The molecule has 0 spiro atoms. The average molecular weight is 182 g/mol. The standard InChI is InChI=1S/C11H22N2/c1-2-13(11-5-6-11)9-10-4-3-7-12-8-10/h10-12H,2-9H2,1H3. The molecule has 2 aliphatic rings. The van der Waals surface area contributed by atoms with Crippen molar-refractivity contribution in [3.8, 4) is 0 Å². The molecule has 2 rings (SSSR count). The molecule has 76 valence electrons. The van der Waals surface area contributed by atoms with Crippen LogP contribution in [0.4, 0.5) is 0 Å². The molecule has 1 N–H and O–H groups in total. The van der Waals surface area contributed by atoms with E-state index in [0.29, 0.717) is 0 Å². The van der Waals surface area contributed by atoms with Crippen LogP contribution in [-0.4, -0.2) is 37.1 Å². The topological polar surface area (TPSA) is 15.3 Å². The Labute approximate surface area is 81.7 Å². The lowest BCUT2D eigenvalue weighted by molar-refractivity contribution is 0.208. The van der Waals surface area contributed by atoms with Crippen molar-refractivity contribution in [3.05, 3.63) is 0 Å². The van der Waals surface area contributed by atoms with Gasteiger partial charge in [0, 0.05) is 12.6 Å². The van der Waals surface area contributed by atoms with Crippen LogP contribution in [0, 0.1) is 5.92 Å². The van der Waals surface area contributed by atoms with Gasteiger partial charge in [-0.1, -0.05) is 6.92 Å². The third-order valence-electron chi connectivity index (χ3n) is 3.36. The molecule has 1 aliphatic heterocycles. The average Bonchev–Trinajstić information content (AvgIpc) is 2.99. The van der Waals surface area contributed by atoms with Gasteiger partial charge in [-0.15, -0.1) is 0 Å². The van der Waals surface area contributed by atoms with E-state index in [2.05, 4.69) is 17.1 Å². The molecule has 2 nitrogen and oxygen atoms in total. The Balaban J connectivity index is 1.73. The summed E-state index contributed by atoms with van der Waals surface area (Å²) in [6.45, 7) is 7.39. The molecule has 0 aromatic rings. The fraction of sp³-hybridized carbons (Fsp3) is 1.00. The van der Waals surface area contributed by atoms with Crippen molar-refractivity contribution in [1.82, 2.24) is 10.2 Å². The number of nitrogens with one attached hydrogen (secondary N) is 1. The minimum atomic E-state index is 0.925. The lowest BCUT2D eigenvalue weighted by atomic mass is 9.99. The third kappa shape index (κ3) is 2.68. The highest BCUT2D eigenvalue weighted by atomic mass is 15.2. The number of rotatable bonds is 4. The van der Waals surface area contributed by atoms with Crippen molar-refractivity contribution in [1.29, 1.82) is 0 Å². The van der Waals surface area contributed by atoms with E-state index in [1.807, 2.05) is 0 Å². The highest BCUT2D eigenvalue weighted by Crippen LogP contribution is 2.27. The summed E-state index contributed by atoms with van der Waals surface area (Å²) in [4.78, 5) is 2.68. The van der Waals surface area contributed by atoms with Gasteiger partial charge in [0.15, 0.2) is 0 Å². The lowest BCUT2D eigenvalue weighted by Crippen LogP contribution is -2.39. The summed E-state index contributed by atoms with van der Waals surface area (Å²) in [5.74, 6) is 0.925. The first-order valence-electron chi connectivity index (χ1n) is 5.85. The molecular weight excluding hydrogens is 160 g/mol. The Morgan fingerprint density at radius 1 is 1.31 bits per heavy atom. The van der Waals surface area contributed by atoms with Crippen LogP contribution in [0.15, 0.2) is 0 Å². The zero-order valence-corrected chi connectivity index (χ0v) is 8.76. The van der Waals surface area contributed by atoms with Crippen LogP contribution in [0.1, 0.15) is 32.6 Å². The van der Waals surface area contributed by atoms with Crippen LogP contribution < -0.4 is 5.32 Å². The summed E-state index contributed by atoms with van der Waals surface area (Å²) in [5, 5.41) is 3.50. The maximum Gasteiger partial charge on any atom is 0.00964 e. The van der Waals surface area contributed by atoms with E-state index < -0.39 is 0 Å². The van der Waals surface area contributed by atoms with E-state index >= 15 is 0 Å². The van der Waals surface area contributed by atoms with Crippen molar-refractivity contribution in [2.24, 2.45) is 5.92 Å². The van der Waals surface area contributed by atoms with Crippen LogP contribution in [-0.2, 0) is 0 Å². The van der Waals surface area contributed by atoms with Gasteiger partial charge in [0.05, 0.1) is 0 Å². The van der Waals surface area contributed by atoms with Crippen LogP contribution in [0.2, 0.25) is 0 Å². The van der Waals surface area contributed by atoms with E-state index in [9.17, 15) is 0 Å². The SMILES string of the molecule is CCN(CC1CCCNC1)C1CC1. The number of piperidine rings is 1.